The molecule has 15 heavy (non-hydrogen) atoms. The molecular weight excluding hydrogens is 190 g/mol. The first-order valence-corrected chi connectivity index (χ1v) is 5.21. The van der Waals surface area contributed by atoms with E-state index < -0.39 is 5.60 Å². The van der Waals surface area contributed by atoms with Gasteiger partial charge in [0.25, 0.3) is 0 Å². The summed E-state index contributed by atoms with van der Waals surface area (Å²) in [5, 5.41) is 3.03. The van der Waals surface area contributed by atoms with Crippen LogP contribution < -0.4 is 5.32 Å². The van der Waals surface area contributed by atoms with Crippen LogP contribution in [-0.4, -0.2) is 18.6 Å². The Bertz CT molecular complexity index is 297. The van der Waals surface area contributed by atoms with E-state index in [2.05, 4.69) is 5.32 Å². The summed E-state index contributed by atoms with van der Waals surface area (Å²) < 4.78 is 5.31. The Hall–Kier alpha value is -1.25. The molecular formula is C12H19NO2. The maximum atomic E-state index is 11.7. The molecule has 0 heterocycles. The largest absolute Gasteiger partial charge is 0.460 e. The van der Waals surface area contributed by atoms with E-state index >= 15 is 0 Å². The van der Waals surface area contributed by atoms with Gasteiger partial charge in [-0.05, 0) is 33.3 Å². The van der Waals surface area contributed by atoms with E-state index in [-0.39, 0.29) is 11.9 Å². The second-order valence-corrected chi connectivity index (χ2v) is 4.64. The van der Waals surface area contributed by atoms with Crippen LogP contribution in [0.1, 0.15) is 27.2 Å². The van der Waals surface area contributed by atoms with Crippen LogP contribution >= 0.6 is 0 Å². The number of esters is 1. The number of carbonyl (C=O) groups excluding carboxylic acids is 1. The van der Waals surface area contributed by atoms with Crippen molar-refractivity contribution in [3.8, 4) is 0 Å². The Morgan fingerprint density at radius 1 is 1.53 bits per heavy atom. The highest BCUT2D eigenvalue weighted by Gasteiger charge is 2.23. The summed E-state index contributed by atoms with van der Waals surface area (Å²) >= 11 is 0. The highest BCUT2D eigenvalue weighted by atomic mass is 16.6. The van der Waals surface area contributed by atoms with E-state index in [1.54, 1.807) is 0 Å². The molecule has 3 nitrogen and oxygen atoms in total. The minimum atomic E-state index is -0.405. The third-order valence-electron chi connectivity index (χ3n) is 2.10. The van der Waals surface area contributed by atoms with E-state index in [9.17, 15) is 4.79 Å². The van der Waals surface area contributed by atoms with Crippen molar-refractivity contribution in [3.63, 3.8) is 0 Å². The summed E-state index contributed by atoms with van der Waals surface area (Å²) in [6.07, 6.45) is 6.52. The number of nitrogens with one attached hydrogen (secondary N) is 1. The molecule has 0 aromatic heterocycles. The van der Waals surface area contributed by atoms with E-state index in [0.717, 1.165) is 5.70 Å². The van der Waals surface area contributed by atoms with E-state index in [1.807, 2.05) is 46.0 Å². The average molecular weight is 209 g/mol. The maximum Gasteiger partial charge on any atom is 0.313 e. The molecule has 0 saturated carbocycles. The molecule has 0 amide bonds. The molecule has 1 rings (SSSR count). The normalized spacial score (nSPS) is 20.8. The number of carbonyl (C=O) groups is 1. The van der Waals surface area contributed by atoms with Gasteiger partial charge in [0.05, 0.1) is 5.92 Å². The molecule has 0 aromatic carbocycles. The summed E-state index contributed by atoms with van der Waals surface area (Å²) in [6, 6.07) is 0. The van der Waals surface area contributed by atoms with Gasteiger partial charge in [0.1, 0.15) is 5.60 Å². The molecule has 0 aromatic rings. The van der Waals surface area contributed by atoms with Gasteiger partial charge in [-0.1, -0.05) is 12.2 Å². The van der Waals surface area contributed by atoms with Gasteiger partial charge in [-0.25, -0.2) is 0 Å². The summed E-state index contributed by atoms with van der Waals surface area (Å²) in [4.78, 5) is 11.7. The first kappa shape index (κ1) is 11.8. The van der Waals surface area contributed by atoms with Crippen LogP contribution in [0.5, 0.6) is 0 Å². The Morgan fingerprint density at radius 3 is 2.60 bits per heavy atom. The number of likely N-dealkylation sites (N-methyl/N-ethyl adjacent to an activating group) is 1. The van der Waals surface area contributed by atoms with Crippen LogP contribution in [0.25, 0.3) is 0 Å². The lowest BCUT2D eigenvalue weighted by Crippen LogP contribution is -2.28. The van der Waals surface area contributed by atoms with E-state index in [0.29, 0.717) is 6.42 Å². The topological polar surface area (TPSA) is 38.3 Å². The minimum Gasteiger partial charge on any atom is -0.460 e. The Morgan fingerprint density at radius 2 is 2.20 bits per heavy atom. The molecule has 0 fully saturated rings. The average Bonchev–Trinajstić information content (AvgIpc) is 2.15. The lowest BCUT2D eigenvalue weighted by atomic mass is 9.99. The zero-order valence-corrected chi connectivity index (χ0v) is 9.83. The van der Waals surface area contributed by atoms with Crippen LogP contribution in [0.15, 0.2) is 23.9 Å². The summed E-state index contributed by atoms with van der Waals surface area (Å²) in [5.74, 6) is -0.286. The summed E-state index contributed by atoms with van der Waals surface area (Å²) in [6.45, 7) is 5.64. The fourth-order valence-electron chi connectivity index (χ4n) is 1.36. The van der Waals surface area contributed by atoms with Gasteiger partial charge in [0, 0.05) is 12.7 Å². The Labute approximate surface area is 91.2 Å². The number of ether oxygens (including phenoxy) is 1. The Kier molecular flexibility index (Phi) is 3.56. The van der Waals surface area contributed by atoms with Gasteiger partial charge in [-0.2, -0.15) is 0 Å². The van der Waals surface area contributed by atoms with Crippen molar-refractivity contribution in [2.45, 2.75) is 32.8 Å². The van der Waals surface area contributed by atoms with Gasteiger partial charge in [0.2, 0.25) is 0 Å². The standard InChI is InChI=1S/C12H19NO2/c1-12(2,3)15-11(14)9-5-7-10(13-4)8-6-9/h5,7-9,13H,6H2,1-4H3. The second-order valence-electron chi connectivity index (χ2n) is 4.64. The molecule has 1 atom stereocenters. The molecule has 0 saturated heterocycles. The van der Waals surface area contributed by atoms with Gasteiger partial charge in [0.15, 0.2) is 0 Å². The van der Waals surface area contributed by atoms with Crippen molar-refractivity contribution in [2.75, 3.05) is 7.05 Å². The van der Waals surface area contributed by atoms with Gasteiger partial charge in [-0.3, -0.25) is 4.79 Å². The first-order valence-electron chi connectivity index (χ1n) is 5.21. The number of hydrogen-bond donors (Lipinski definition) is 1. The molecule has 1 aliphatic rings. The Balaban J connectivity index is 2.52. The van der Waals surface area contributed by atoms with Crippen molar-refractivity contribution < 1.29 is 9.53 Å². The monoisotopic (exact) mass is 209 g/mol. The molecule has 0 aliphatic heterocycles. The van der Waals surface area contributed by atoms with E-state index in [1.165, 1.54) is 0 Å². The lowest BCUT2D eigenvalue weighted by Gasteiger charge is -2.23. The predicted molar refractivity (Wildman–Crippen MR) is 60.2 cm³/mol. The quantitative estimate of drug-likeness (QED) is 0.707. The molecule has 84 valence electrons. The lowest BCUT2D eigenvalue weighted by molar-refractivity contribution is -0.158. The molecule has 0 spiro atoms. The predicted octanol–water partition coefficient (Wildman–Crippen LogP) is 2.01. The molecule has 3 heteroatoms. The molecule has 0 radical (unpaired) electrons. The SMILES string of the molecule is CNC1=CCC(C(=O)OC(C)(C)C)C=C1. The van der Waals surface area contributed by atoms with Crippen LogP contribution in [-0.2, 0) is 9.53 Å². The molecule has 1 aliphatic carbocycles. The molecule has 0 bridgehead atoms. The highest BCUT2D eigenvalue weighted by Crippen LogP contribution is 2.19. The second kappa shape index (κ2) is 4.51. The third kappa shape index (κ3) is 3.78. The zero-order valence-electron chi connectivity index (χ0n) is 9.83. The van der Waals surface area contributed by atoms with Crippen LogP contribution in [0.4, 0.5) is 0 Å². The number of hydrogen-bond acceptors (Lipinski definition) is 3. The van der Waals surface area contributed by atoms with Gasteiger partial charge >= 0.3 is 5.97 Å². The summed E-state index contributed by atoms with van der Waals surface area (Å²) in [5.41, 5.74) is 0.646. The molecule has 1 unspecified atom stereocenters. The maximum absolute atomic E-state index is 11.7. The van der Waals surface area contributed by atoms with Crippen molar-refractivity contribution in [3.05, 3.63) is 23.9 Å². The van der Waals surface area contributed by atoms with Crippen molar-refractivity contribution in [1.82, 2.24) is 5.32 Å². The number of rotatable bonds is 2. The van der Waals surface area contributed by atoms with Gasteiger partial charge < -0.3 is 10.1 Å². The number of allylic oxidation sites excluding steroid dienone is 2. The van der Waals surface area contributed by atoms with Crippen LogP contribution in [0, 0.1) is 5.92 Å². The van der Waals surface area contributed by atoms with Crippen LogP contribution in [0.2, 0.25) is 0 Å². The molecule has 1 N–H and O–H groups in total. The zero-order chi connectivity index (χ0) is 11.5. The first-order chi connectivity index (χ1) is 6.92. The van der Waals surface area contributed by atoms with Crippen molar-refractivity contribution in [1.29, 1.82) is 0 Å². The summed E-state index contributed by atoms with van der Waals surface area (Å²) in [7, 11) is 1.87. The van der Waals surface area contributed by atoms with Crippen molar-refractivity contribution >= 4 is 5.97 Å². The smallest absolute Gasteiger partial charge is 0.313 e. The minimum absolute atomic E-state index is 0.138. The van der Waals surface area contributed by atoms with Crippen LogP contribution in [0.3, 0.4) is 0 Å². The fraction of sp³-hybridized carbons (Fsp3) is 0.583. The third-order valence-corrected chi connectivity index (χ3v) is 2.10. The van der Waals surface area contributed by atoms with Gasteiger partial charge in [-0.15, -0.1) is 0 Å². The highest BCUT2D eigenvalue weighted by molar-refractivity contribution is 5.75. The van der Waals surface area contributed by atoms with Crippen molar-refractivity contribution in [2.24, 2.45) is 5.92 Å². The fourth-order valence-corrected chi connectivity index (χ4v) is 1.36. The van der Waals surface area contributed by atoms with E-state index in [4.69, 9.17) is 4.74 Å².